The van der Waals surface area contributed by atoms with Gasteiger partial charge in [0.25, 0.3) is 0 Å². The molecule has 0 aliphatic carbocycles. The number of aliphatic imine (C=N–C) groups is 1. The van der Waals surface area contributed by atoms with E-state index in [9.17, 15) is 4.79 Å². The number of ether oxygens (including phenoxy) is 2. The Morgan fingerprint density at radius 2 is 2.30 bits per heavy atom. The summed E-state index contributed by atoms with van der Waals surface area (Å²) in [6, 6.07) is 0. The summed E-state index contributed by atoms with van der Waals surface area (Å²) in [5.74, 6) is 1.35. The van der Waals surface area contributed by atoms with Crippen LogP contribution in [0.25, 0.3) is 0 Å². The van der Waals surface area contributed by atoms with E-state index in [2.05, 4.69) is 19.9 Å². The van der Waals surface area contributed by atoms with Crippen LogP contribution < -0.4 is 5.32 Å². The predicted molar refractivity (Wildman–Crippen MR) is 78.8 cm³/mol. The number of carbonyl (C=O) groups is 1. The third kappa shape index (κ3) is 6.23. The van der Waals surface area contributed by atoms with Gasteiger partial charge in [0.1, 0.15) is 0 Å². The highest BCUT2D eigenvalue weighted by atomic mass is 16.5. The number of hydrogen-bond acceptors (Lipinski definition) is 4. The van der Waals surface area contributed by atoms with Crippen LogP contribution in [0.15, 0.2) is 4.99 Å². The van der Waals surface area contributed by atoms with E-state index in [1.807, 2.05) is 7.05 Å². The van der Waals surface area contributed by atoms with Gasteiger partial charge in [-0.1, -0.05) is 0 Å². The lowest BCUT2D eigenvalue weighted by Gasteiger charge is -2.24. The van der Waals surface area contributed by atoms with Crippen molar-refractivity contribution in [2.24, 2.45) is 10.9 Å². The molecule has 1 N–H and O–H groups in total. The summed E-state index contributed by atoms with van der Waals surface area (Å²) in [5.41, 5.74) is 0. The maximum Gasteiger partial charge on any atom is 0.305 e. The van der Waals surface area contributed by atoms with Gasteiger partial charge in [0, 0.05) is 46.1 Å². The average molecular weight is 285 g/mol. The number of nitrogens with zero attached hydrogens (tertiary/aromatic N) is 2. The molecule has 0 aromatic rings. The molecule has 0 saturated carbocycles. The summed E-state index contributed by atoms with van der Waals surface area (Å²) in [5, 5.41) is 3.32. The van der Waals surface area contributed by atoms with Gasteiger partial charge in [0.2, 0.25) is 0 Å². The number of guanidine groups is 1. The van der Waals surface area contributed by atoms with Crippen LogP contribution in [0, 0.1) is 5.92 Å². The normalized spacial score (nSPS) is 18.9. The molecular weight excluding hydrogens is 258 g/mol. The Balaban J connectivity index is 2.16. The lowest BCUT2D eigenvalue weighted by molar-refractivity contribution is -0.140. The molecule has 1 aliphatic heterocycles. The van der Waals surface area contributed by atoms with Crippen LogP contribution in [0.2, 0.25) is 0 Å². The number of nitrogens with one attached hydrogen (secondary N) is 1. The summed E-state index contributed by atoms with van der Waals surface area (Å²) >= 11 is 0. The Kier molecular flexibility index (Phi) is 8.02. The molecular formula is C14H27N3O3. The smallest absolute Gasteiger partial charge is 0.305 e. The van der Waals surface area contributed by atoms with Crippen LogP contribution in [0.5, 0.6) is 0 Å². The Hall–Kier alpha value is -1.30. The van der Waals surface area contributed by atoms with Crippen LogP contribution >= 0.6 is 0 Å². The zero-order valence-electron chi connectivity index (χ0n) is 12.9. The minimum atomic E-state index is -0.146. The maximum atomic E-state index is 11.0. The zero-order chi connectivity index (χ0) is 14.8. The maximum absolute atomic E-state index is 11.0. The number of unbranched alkanes of at least 4 members (excludes halogenated alkanes) is 1. The van der Waals surface area contributed by atoms with Gasteiger partial charge in [-0.2, -0.15) is 0 Å². The van der Waals surface area contributed by atoms with Gasteiger partial charge in [-0.05, 0) is 19.3 Å². The van der Waals surface area contributed by atoms with Crippen molar-refractivity contribution >= 4 is 11.9 Å². The SMILES string of the molecule is CN=C(NCCCCC(=O)OC)N(C)CC1CCOC1. The minimum absolute atomic E-state index is 0.146. The first-order valence-corrected chi connectivity index (χ1v) is 7.23. The summed E-state index contributed by atoms with van der Waals surface area (Å²) in [6.07, 6.45) is 3.36. The molecule has 1 atom stereocenters. The summed E-state index contributed by atoms with van der Waals surface area (Å²) in [4.78, 5) is 17.4. The fourth-order valence-electron chi connectivity index (χ4n) is 2.28. The van der Waals surface area contributed by atoms with Crippen molar-refractivity contribution in [2.75, 3.05) is 47.5 Å². The van der Waals surface area contributed by atoms with E-state index in [1.165, 1.54) is 7.11 Å². The Morgan fingerprint density at radius 3 is 2.90 bits per heavy atom. The molecule has 0 aromatic heterocycles. The molecule has 1 unspecified atom stereocenters. The van der Waals surface area contributed by atoms with Gasteiger partial charge in [-0.25, -0.2) is 0 Å². The fourth-order valence-corrected chi connectivity index (χ4v) is 2.28. The van der Waals surface area contributed by atoms with Gasteiger partial charge < -0.3 is 19.7 Å². The Labute approximate surface area is 121 Å². The molecule has 6 nitrogen and oxygen atoms in total. The van der Waals surface area contributed by atoms with Gasteiger partial charge in [0.15, 0.2) is 5.96 Å². The molecule has 116 valence electrons. The number of esters is 1. The van der Waals surface area contributed by atoms with Crippen molar-refractivity contribution in [2.45, 2.75) is 25.7 Å². The minimum Gasteiger partial charge on any atom is -0.469 e. The van der Waals surface area contributed by atoms with Crippen molar-refractivity contribution in [1.82, 2.24) is 10.2 Å². The summed E-state index contributed by atoms with van der Waals surface area (Å²) < 4.78 is 10.00. The van der Waals surface area contributed by atoms with E-state index >= 15 is 0 Å². The molecule has 1 rings (SSSR count). The molecule has 0 amide bonds. The van der Waals surface area contributed by atoms with Crippen LogP contribution in [-0.4, -0.2) is 64.3 Å². The highest BCUT2D eigenvalue weighted by molar-refractivity contribution is 5.79. The van der Waals surface area contributed by atoms with Gasteiger partial charge >= 0.3 is 5.97 Å². The van der Waals surface area contributed by atoms with E-state index in [0.29, 0.717) is 12.3 Å². The predicted octanol–water partition coefficient (Wildman–Crippen LogP) is 0.873. The lowest BCUT2D eigenvalue weighted by Crippen LogP contribution is -2.41. The average Bonchev–Trinajstić information content (AvgIpc) is 2.95. The van der Waals surface area contributed by atoms with Crippen LogP contribution in [0.3, 0.4) is 0 Å². The molecule has 1 aliphatic rings. The van der Waals surface area contributed by atoms with E-state index in [0.717, 1.165) is 51.5 Å². The van der Waals surface area contributed by atoms with Crippen molar-refractivity contribution < 1.29 is 14.3 Å². The second kappa shape index (κ2) is 9.58. The zero-order valence-corrected chi connectivity index (χ0v) is 12.9. The number of methoxy groups -OCH3 is 1. The molecule has 1 fully saturated rings. The van der Waals surface area contributed by atoms with Crippen molar-refractivity contribution in [3.63, 3.8) is 0 Å². The van der Waals surface area contributed by atoms with E-state index < -0.39 is 0 Å². The molecule has 0 radical (unpaired) electrons. The fraction of sp³-hybridized carbons (Fsp3) is 0.857. The molecule has 0 aromatic carbocycles. The lowest BCUT2D eigenvalue weighted by atomic mass is 10.1. The molecule has 0 bridgehead atoms. The molecule has 20 heavy (non-hydrogen) atoms. The van der Waals surface area contributed by atoms with Crippen molar-refractivity contribution in [3.05, 3.63) is 0 Å². The second-order valence-electron chi connectivity index (χ2n) is 5.12. The van der Waals surface area contributed by atoms with E-state index in [-0.39, 0.29) is 5.97 Å². The first-order valence-electron chi connectivity index (χ1n) is 7.23. The van der Waals surface area contributed by atoms with Crippen molar-refractivity contribution in [1.29, 1.82) is 0 Å². The standard InChI is InChI=1S/C14H27N3O3/c1-15-14(16-8-5-4-6-13(18)19-3)17(2)10-12-7-9-20-11-12/h12H,4-11H2,1-3H3,(H,15,16). The van der Waals surface area contributed by atoms with Crippen LogP contribution in [0.1, 0.15) is 25.7 Å². The Bertz CT molecular complexity index is 315. The third-order valence-corrected chi connectivity index (χ3v) is 3.45. The van der Waals surface area contributed by atoms with Gasteiger partial charge in [0.05, 0.1) is 13.7 Å². The highest BCUT2D eigenvalue weighted by Crippen LogP contribution is 2.13. The first-order chi connectivity index (χ1) is 9.67. The van der Waals surface area contributed by atoms with Crippen LogP contribution in [0.4, 0.5) is 0 Å². The Morgan fingerprint density at radius 1 is 1.50 bits per heavy atom. The summed E-state index contributed by atoms with van der Waals surface area (Å²) in [6.45, 7) is 3.50. The van der Waals surface area contributed by atoms with Gasteiger partial charge in [-0.3, -0.25) is 9.79 Å². The number of rotatable bonds is 7. The van der Waals surface area contributed by atoms with E-state index in [1.54, 1.807) is 7.05 Å². The molecule has 1 saturated heterocycles. The topological polar surface area (TPSA) is 63.2 Å². The second-order valence-corrected chi connectivity index (χ2v) is 5.12. The van der Waals surface area contributed by atoms with Gasteiger partial charge in [-0.15, -0.1) is 0 Å². The quantitative estimate of drug-likeness (QED) is 0.325. The molecule has 6 heteroatoms. The van der Waals surface area contributed by atoms with Crippen LogP contribution in [-0.2, 0) is 14.3 Å². The third-order valence-electron chi connectivity index (χ3n) is 3.45. The number of carbonyl (C=O) groups excluding carboxylic acids is 1. The van der Waals surface area contributed by atoms with E-state index in [4.69, 9.17) is 4.74 Å². The molecule has 1 heterocycles. The molecule has 0 spiro atoms. The summed E-state index contributed by atoms with van der Waals surface area (Å²) in [7, 11) is 5.25. The monoisotopic (exact) mass is 285 g/mol. The highest BCUT2D eigenvalue weighted by Gasteiger charge is 2.18. The largest absolute Gasteiger partial charge is 0.469 e. The first kappa shape index (κ1) is 16.8. The number of hydrogen-bond donors (Lipinski definition) is 1. The van der Waals surface area contributed by atoms with Crippen molar-refractivity contribution in [3.8, 4) is 0 Å².